The Hall–Kier alpha value is -4.54. The number of hydrogen-bond acceptors (Lipinski definition) is 10. The number of nitrogens with one attached hydrogen (secondary N) is 1. The van der Waals surface area contributed by atoms with Crippen LogP contribution in [0.4, 0.5) is 26.5 Å². The molecule has 0 spiro atoms. The highest BCUT2D eigenvalue weighted by Crippen LogP contribution is 2.29. The lowest BCUT2D eigenvalue weighted by atomic mass is 10.1. The number of piperazine rings is 1. The number of amides is 2. The van der Waals surface area contributed by atoms with Crippen LogP contribution in [0.5, 0.6) is 5.75 Å². The van der Waals surface area contributed by atoms with Crippen molar-refractivity contribution >= 4 is 23.4 Å². The highest BCUT2D eigenvalue weighted by Gasteiger charge is 2.35. The molecule has 4 aliphatic rings. The number of carbonyl (C=O) groups excluding carboxylic acids is 1. The number of hydrogen-bond donors (Lipinski definition) is 1. The molecule has 4 saturated heterocycles. The van der Waals surface area contributed by atoms with Crippen molar-refractivity contribution in [2.24, 2.45) is 0 Å². The highest BCUT2D eigenvalue weighted by atomic mass is 19.1. The van der Waals surface area contributed by atoms with Gasteiger partial charge in [-0.1, -0.05) is 0 Å². The number of nitrogens with zero attached hydrogens (tertiary/aromatic N) is 8. The number of ether oxygens (including phenoxy) is 2. The highest BCUT2D eigenvalue weighted by molar-refractivity contribution is 5.75. The van der Waals surface area contributed by atoms with Crippen molar-refractivity contribution in [1.29, 1.82) is 5.26 Å². The van der Waals surface area contributed by atoms with Gasteiger partial charge in [0, 0.05) is 69.2 Å². The van der Waals surface area contributed by atoms with Crippen molar-refractivity contribution in [1.82, 2.24) is 29.7 Å². The molecule has 1 aromatic heterocycles. The fourth-order valence-electron chi connectivity index (χ4n) is 6.48. The SMILES string of the molecule is N#Cc1cc(-c2ncnc(Nc3ccc(N4CCN(C5COC5)CC4)cc3)n2)ccc1OC1CCN(C(=O)N2CCCC2)CC1F. The van der Waals surface area contributed by atoms with Crippen molar-refractivity contribution in [3.8, 4) is 23.2 Å². The third-order valence-electron chi connectivity index (χ3n) is 9.28. The van der Waals surface area contributed by atoms with E-state index in [9.17, 15) is 10.1 Å². The molecule has 0 radical (unpaired) electrons. The summed E-state index contributed by atoms with van der Waals surface area (Å²) in [5.74, 6) is 1.07. The summed E-state index contributed by atoms with van der Waals surface area (Å²) in [6, 6.07) is 15.9. The molecule has 2 atom stereocenters. The van der Waals surface area contributed by atoms with E-state index in [4.69, 9.17) is 9.47 Å². The fraction of sp³-hybridized carbons (Fsp3) is 0.485. The number of aromatic nitrogens is 3. The van der Waals surface area contributed by atoms with E-state index in [1.165, 1.54) is 12.0 Å². The molecule has 2 aromatic carbocycles. The first-order valence-corrected chi connectivity index (χ1v) is 16.1. The monoisotopic (exact) mass is 627 g/mol. The minimum absolute atomic E-state index is 0.0170. The number of urea groups is 1. The molecule has 46 heavy (non-hydrogen) atoms. The fourth-order valence-corrected chi connectivity index (χ4v) is 6.48. The zero-order valence-electron chi connectivity index (χ0n) is 25.7. The van der Waals surface area contributed by atoms with Crippen LogP contribution in [0.15, 0.2) is 48.8 Å². The van der Waals surface area contributed by atoms with Gasteiger partial charge in [-0.05, 0) is 55.3 Å². The molecule has 7 rings (SSSR count). The minimum Gasteiger partial charge on any atom is -0.486 e. The smallest absolute Gasteiger partial charge is 0.320 e. The third kappa shape index (κ3) is 6.54. The van der Waals surface area contributed by atoms with Crippen LogP contribution in [0, 0.1) is 11.3 Å². The third-order valence-corrected chi connectivity index (χ3v) is 9.28. The van der Waals surface area contributed by atoms with Crippen molar-refractivity contribution in [3.05, 3.63) is 54.4 Å². The lowest BCUT2D eigenvalue weighted by molar-refractivity contribution is -0.0660. The normalized spacial score (nSPS) is 22.3. The average molecular weight is 628 g/mol. The second kappa shape index (κ2) is 13.4. The molecular weight excluding hydrogens is 589 g/mol. The zero-order valence-corrected chi connectivity index (χ0v) is 25.7. The van der Waals surface area contributed by atoms with Gasteiger partial charge in [0.25, 0.3) is 0 Å². The van der Waals surface area contributed by atoms with Gasteiger partial charge < -0.3 is 29.5 Å². The average Bonchev–Trinajstić information content (AvgIpc) is 3.61. The van der Waals surface area contributed by atoms with Gasteiger partial charge in [0.15, 0.2) is 12.0 Å². The number of piperidine rings is 1. The predicted molar refractivity (Wildman–Crippen MR) is 170 cm³/mol. The maximum Gasteiger partial charge on any atom is 0.320 e. The molecule has 0 saturated carbocycles. The van der Waals surface area contributed by atoms with Crippen LogP contribution in [0.3, 0.4) is 0 Å². The molecule has 0 aliphatic carbocycles. The van der Waals surface area contributed by atoms with Gasteiger partial charge in [-0.2, -0.15) is 10.2 Å². The molecule has 5 heterocycles. The summed E-state index contributed by atoms with van der Waals surface area (Å²) >= 11 is 0. The molecule has 4 fully saturated rings. The number of carbonyl (C=O) groups is 1. The number of rotatable bonds is 7. The van der Waals surface area contributed by atoms with Gasteiger partial charge in [0.1, 0.15) is 24.3 Å². The molecule has 2 unspecified atom stereocenters. The quantitative estimate of drug-likeness (QED) is 0.415. The molecule has 0 bridgehead atoms. The van der Waals surface area contributed by atoms with Gasteiger partial charge in [-0.15, -0.1) is 0 Å². The number of nitriles is 1. The number of alkyl halides is 1. The van der Waals surface area contributed by atoms with Crippen molar-refractivity contribution in [2.45, 2.75) is 37.6 Å². The zero-order chi connectivity index (χ0) is 31.5. The predicted octanol–water partition coefficient (Wildman–Crippen LogP) is 3.68. The van der Waals surface area contributed by atoms with E-state index in [2.05, 4.69) is 48.3 Å². The summed E-state index contributed by atoms with van der Waals surface area (Å²) in [5.41, 5.74) is 2.90. The van der Waals surface area contributed by atoms with Crippen LogP contribution < -0.4 is 15.0 Å². The van der Waals surface area contributed by atoms with Crippen molar-refractivity contribution in [3.63, 3.8) is 0 Å². The number of benzene rings is 2. The van der Waals surface area contributed by atoms with Crippen molar-refractivity contribution < 1.29 is 18.7 Å². The molecule has 4 aliphatic heterocycles. The number of anilines is 3. The topological polar surface area (TPSA) is 123 Å². The first-order valence-electron chi connectivity index (χ1n) is 16.1. The van der Waals surface area contributed by atoms with Gasteiger partial charge in [-0.3, -0.25) is 4.90 Å². The van der Waals surface area contributed by atoms with Crippen LogP contribution in [0.25, 0.3) is 11.4 Å². The van der Waals surface area contributed by atoms with Crippen LogP contribution >= 0.6 is 0 Å². The van der Waals surface area contributed by atoms with E-state index in [0.717, 1.165) is 71.0 Å². The largest absolute Gasteiger partial charge is 0.486 e. The summed E-state index contributed by atoms with van der Waals surface area (Å²) in [7, 11) is 0. The maximum atomic E-state index is 15.1. The Bertz CT molecular complexity index is 1570. The van der Waals surface area contributed by atoms with E-state index in [1.54, 1.807) is 28.0 Å². The van der Waals surface area contributed by atoms with E-state index < -0.39 is 12.3 Å². The summed E-state index contributed by atoms with van der Waals surface area (Å²) in [4.78, 5) is 34.1. The number of likely N-dealkylation sites (tertiary alicyclic amines) is 2. The Labute approximate surface area is 267 Å². The van der Waals surface area contributed by atoms with Crippen LogP contribution in [-0.2, 0) is 4.74 Å². The minimum atomic E-state index is -1.35. The summed E-state index contributed by atoms with van der Waals surface area (Å²) in [6.07, 6.45) is 1.66. The molecule has 12 nitrogen and oxygen atoms in total. The number of halogens is 1. The van der Waals surface area contributed by atoms with Gasteiger partial charge in [0.05, 0.1) is 31.4 Å². The van der Waals surface area contributed by atoms with E-state index in [1.807, 2.05) is 12.1 Å². The van der Waals surface area contributed by atoms with Gasteiger partial charge >= 0.3 is 6.03 Å². The van der Waals surface area contributed by atoms with Crippen LogP contribution in [0.1, 0.15) is 24.8 Å². The second-order valence-corrected chi connectivity index (χ2v) is 12.2. The molecule has 1 N–H and O–H groups in total. The first kappa shape index (κ1) is 30.1. The molecule has 240 valence electrons. The lowest BCUT2D eigenvalue weighted by Crippen LogP contribution is -2.56. The van der Waals surface area contributed by atoms with Crippen LogP contribution in [0.2, 0.25) is 0 Å². The summed E-state index contributed by atoms with van der Waals surface area (Å²) in [5, 5.41) is 13.1. The summed E-state index contributed by atoms with van der Waals surface area (Å²) in [6.45, 7) is 7.61. The van der Waals surface area contributed by atoms with E-state index in [-0.39, 0.29) is 18.1 Å². The van der Waals surface area contributed by atoms with Gasteiger partial charge in [-0.25, -0.2) is 19.2 Å². The standard InChI is InChI=1S/C33H38FN9O3/c34-28-19-43(33(44)42-10-1-2-11-42)12-9-30(28)46-29-8-3-23(17-24(29)18-35)31-36-22-37-32(39-31)38-25-4-6-26(7-5-25)40-13-15-41(16-14-40)27-20-45-21-27/h3-8,17,22,27-28,30H,1-2,9-16,19-21H2,(H,36,37,38,39). The maximum absolute atomic E-state index is 15.1. The lowest BCUT2D eigenvalue weighted by Gasteiger charge is -2.43. The van der Waals surface area contributed by atoms with E-state index in [0.29, 0.717) is 42.1 Å². The van der Waals surface area contributed by atoms with Gasteiger partial charge in [0.2, 0.25) is 5.95 Å². The van der Waals surface area contributed by atoms with E-state index >= 15 is 4.39 Å². The Morgan fingerprint density at radius 1 is 0.978 bits per heavy atom. The molecule has 2 amide bonds. The first-order chi connectivity index (χ1) is 22.5. The Morgan fingerprint density at radius 3 is 2.46 bits per heavy atom. The van der Waals surface area contributed by atoms with Crippen LogP contribution in [-0.4, -0.2) is 120 Å². The summed E-state index contributed by atoms with van der Waals surface area (Å²) < 4.78 is 26.5. The molecule has 3 aromatic rings. The Kier molecular flexibility index (Phi) is 8.81. The Morgan fingerprint density at radius 2 is 1.76 bits per heavy atom. The second-order valence-electron chi connectivity index (χ2n) is 12.2. The Balaban J connectivity index is 0.960. The molecular formula is C33H38FN9O3. The van der Waals surface area contributed by atoms with Crippen molar-refractivity contribution in [2.75, 3.05) is 75.8 Å². The molecule has 13 heteroatoms.